The molecule has 3 rings (SSSR count). The van der Waals surface area contributed by atoms with Crippen LogP contribution < -0.4 is 5.32 Å². The molecule has 1 heterocycles. The van der Waals surface area contributed by atoms with Gasteiger partial charge in [-0.05, 0) is 62.4 Å². The molecule has 1 aliphatic heterocycles. The molecule has 0 atom stereocenters. The van der Waals surface area contributed by atoms with Gasteiger partial charge in [-0.25, -0.2) is 0 Å². The standard InChI is InChI=1S/C23H27N3O/c24-18-21-8-4-5-9-22(21)23(27)25-14-17-26-15-12-20(13-16-26)11-10-19-6-2-1-3-7-19/h1-9,20H,10-17H2,(H,25,27). The molecule has 1 saturated heterocycles. The molecular formula is C23H27N3O. The number of hydrogen-bond acceptors (Lipinski definition) is 3. The molecule has 0 saturated carbocycles. The van der Waals surface area contributed by atoms with Crippen LogP contribution in [0.4, 0.5) is 0 Å². The van der Waals surface area contributed by atoms with Crippen molar-refractivity contribution >= 4 is 5.91 Å². The van der Waals surface area contributed by atoms with E-state index in [1.54, 1.807) is 24.3 Å². The highest BCUT2D eigenvalue weighted by molar-refractivity contribution is 5.96. The van der Waals surface area contributed by atoms with Crippen LogP contribution in [-0.2, 0) is 6.42 Å². The molecule has 1 fully saturated rings. The molecule has 0 spiro atoms. The molecule has 2 aromatic carbocycles. The van der Waals surface area contributed by atoms with Crippen LogP contribution in [0.1, 0.15) is 40.7 Å². The van der Waals surface area contributed by atoms with Gasteiger partial charge in [0.2, 0.25) is 0 Å². The van der Waals surface area contributed by atoms with Gasteiger partial charge in [-0.2, -0.15) is 5.26 Å². The van der Waals surface area contributed by atoms with Gasteiger partial charge >= 0.3 is 0 Å². The highest BCUT2D eigenvalue weighted by Crippen LogP contribution is 2.22. The fourth-order valence-corrected chi connectivity index (χ4v) is 3.72. The zero-order valence-corrected chi connectivity index (χ0v) is 15.7. The minimum atomic E-state index is -0.162. The Hall–Kier alpha value is -2.64. The molecule has 27 heavy (non-hydrogen) atoms. The monoisotopic (exact) mass is 361 g/mol. The quantitative estimate of drug-likeness (QED) is 0.819. The van der Waals surface area contributed by atoms with E-state index >= 15 is 0 Å². The fraction of sp³-hybridized carbons (Fsp3) is 0.391. The number of piperidine rings is 1. The molecule has 0 aromatic heterocycles. The molecule has 2 aromatic rings. The average molecular weight is 361 g/mol. The van der Waals surface area contributed by atoms with Crippen LogP contribution in [0.5, 0.6) is 0 Å². The summed E-state index contributed by atoms with van der Waals surface area (Å²) in [5.41, 5.74) is 2.31. The van der Waals surface area contributed by atoms with Crippen LogP contribution in [-0.4, -0.2) is 37.0 Å². The molecule has 4 nitrogen and oxygen atoms in total. The number of carbonyl (C=O) groups excluding carboxylic acids is 1. The highest BCUT2D eigenvalue weighted by atomic mass is 16.1. The molecule has 0 radical (unpaired) electrons. The first-order chi connectivity index (χ1) is 13.3. The Bertz CT molecular complexity index is 774. The summed E-state index contributed by atoms with van der Waals surface area (Å²) in [5, 5.41) is 12.0. The number of hydrogen-bond donors (Lipinski definition) is 1. The zero-order valence-electron chi connectivity index (χ0n) is 15.7. The third-order valence-electron chi connectivity index (χ3n) is 5.40. The Morgan fingerprint density at radius 2 is 1.78 bits per heavy atom. The van der Waals surface area contributed by atoms with Gasteiger partial charge in [-0.15, -0.1) is 0 Å². The number of amides is 1. The van der Waals surface area contributed by atoms with E-state index in [9.17, 15) is 4.79 Å². The van der Waals surface area contributed by atoms with Crippen molar-refractivity contribution in [3.05, 3.63) is 71.3 Å². The lowest BCUT2D eigenvalue weighted by Gasteiger charge is -2.32. The summed E-state index contributed by atoms with van der Waals surface area (Å²) in [5.74, 6) is 0.642. The first-order valence-electron chi connectivity index (χ1n) is 9.80. The molecule has 1 amide bonds. The van der Waals surface area contributed by atoms with Crippen molar-refractivity contribution in [3.8, 4) is 6.07 Å². The topological polar surface area (TPSA) is 56.1 Å². The van der Waals surface area contributed by atoms with Crippen LogP contribution in [0.15, 0.2) is 54.6 Å². The number of nitrogens with one attached hydrogen (secondary N) is 1. The van der Waals surface area contributed by atoms with Gasteiger partial charge in [0.25, 0.3) is 5.91 Å². The number of nitriles is 1. The van der Waals surface area contributed by atoms with Crippen LogP contribution in [0, 0.1) is 17.2 Å². The predicted molar refractivity (Wildman–Crippen MR) is 107 cm³/mol. The maximum Gasteiger partial charge on any atom is 0.252 e. The van der Waals surface area contributed by atoms with Gasteiger partial charge in [0, 0.05) is 13.1 Å². The van der Waals surface area contributed by atoms with E-state index in [0.717, 1.165) is 25.6 Å². The summed E-state index contributed by atoms with van der Waals surface area (Å²) in [4.78, 5) is 14.7. The van der Waals surface area contributed by atoms with E-state index in [0.29, 0.717) is 17.7 Å². The van der Waals surface area contributed by atoms with Crippen LogP contribution in [0.25, 0.3) is 0 Å². The van der Waals surface area contributed by atoms with Crippen molar-refractivity contribution in [2.75, 3.05) is 26.2 Å². The normalized spacial score (nSPS) is 15.2. The van der Waals surface area contributed by atoms with Crippen LogP contribution >= 0.6 is 0 Å². The van der Waals surface area contributed by atoms with Gasteiger partial charge in [-0.1, -0.05) is 42.5 Å². The SMILES string of the molecule is N#Cc1ccccc1C(=O)NCCN1CCC(CCc2ccccc2)CC1. The molecule has 140 valence electrons. The largest absolute Gasteiger partial charge is 0.351 e. The summed E-state index contributed by atoms with van der Waals surface area (Å²) in [6, 6.07) is 19.7. The third kappa shape index (κ3) is 5.67. The van der Waals surface area contributed by atoms with Gasteiger partial charge in [0.15, 0.2) is 0 Å². The summed E-state index contributed by atoms with van der Waals surface area (Å²) in [6.45, 7) is 3.69. The van der Waals surface area contributed by atoms with Crippen LogP contribution in [0.3, 0.4) is 0 Å². The Labute approximate surface area is 161 Å². The number of benzene rings is 2. The van der Waals surface area contributed by atoms with E-state index in [4.69, 9.17) is 5.26 Å². The van der Waals surface area contributed by atoms with Crippen molar-refractivity contribution in [3.63, 3.8) is 0 Å². The van der Waals surface area contributed by atoms with Gasteiger partial charge in [0.05, 0.1) is 17.2 Å². The lowest BCUT2D eigenvalue weighted by molar-refractivity contribution is 0.0943. The van der Waals surface area contributed by atoms with E-state index in [2.05, 4.69) is 46.6 Å². The minimum Gasteiger partial charge on any atom is -0.351 e. The average Bonchev–Trinajstić information content (AvgIpc) is 2.73. The molecule has 1 aliphatic rings. The molecule has 0 bridgehead atoms. The first kappa shape index (κ1) is 19.1. The lowest BCUT2D eigenvalue weighted by Crippen LogP contribution is -2.39. The number of rotatable bonds is 7. The maximum atomic E-state index is 12.3. The van der Waals surface area contributed by atoms with E-state index in [-0.39, 0.29) is 5.91 Å². The Morgan fingerprint density at radius 3 is 2.52 bits per heavy atom. The van der Waals surface area contributed by atoms with Crippen molar-refractivity contribution in [2.24, 2.45) is 5.92 Å². The summed E-state index contributed by atoms with van der Waals surface area (Å²) < 4.78 is 0. The smallest absolute Gasteiger partial charge is 0.252 e. The van der Waals surface area contributed by atoms with Gasteiger partial charge in [-0.3, -0.25) is 4.79 Å². The van der Waals surface area contributed by atoms with Crippen molar-refractivity contribution < 1.29 is 4.79 Å². The van der Waals surface area contributed by atoms with E-state index in [1.807, 2.05) is 0 Å². The zero-order chi connectivity index (χ0) is 18.9. The number of likely N-dealkylation sites (tertiary alicyclic amines) is 1. The molecule has 0 aliphatic carbocycles. The molecular weight excluding hydrogens is 334 g/mol. The Kier molecular flexibility index (Phi) is 7.01. The third-order valence-corrected chi connectivity index (χ3v) is 5.40. The second-order valence-corrected chi connectivity index (χ2v) is 7.22. The number of nitrogens with zero attached hydrogens (tertiary/aromatic N) is 2. The van der Waals surface area contributed by atoms with E-state index in [1.165, 1.54) is 31.2 Å². The van der Waals surface area contributed by atoms with Crippen molar-refractivity contribution in [1.29, 1.82) is 5.26 Å². The van der Waals surface area contributed by atoms with E-state index < -0.39 is 0 Å². The lowest BCUT2D eigenvalue weighted by atomic mass is 9.90. The summed E-state index contributed by atoms with van der Waals surface area (Å²) >= 11 is 0. The van der Waals surface area contributed by atoms with Gasteiger partial charge < -0.3 is 10.2 Å². The maximum absolute atomic E-state index is 12.3. The molecule has 4 heteroatoms. The Balaban J connectivity index is 1.35. The van der Waals surface area contributed by atoms with Gasteiger partial charge in [0.1, 0.15) is 0 Å². The highest BCUT2D eigenvalue weighted by Gasteiger charge is 2.19. The van der Waals surface area contributed by atoms with Crippen LogP contribution in [0.2, 0.25) is 0 Å². The fourth-order valence-electron chi connectivity index (χ4n) is 3.72. The Morgan fingerprint density at radius 1 is 1.07 bits per heavy atom. The summed E-state index contributed by atoms with van der Waals surface area (Å²) in [6.07, 6.45) is 4.90. The number of aryl methyl sites for hydroxylation is 1. The minimum absolute atomic E-state index is 0.162. The predicted octanol–water partition coefficient (Wildman–Crippen LogP) is 3.63. The number of carbonyl (C=O) groups is 1. The van der Waals surface area contributed by atoms with Crippen molar-refractivity contribution in [1.82, 2.24) is 10.2 Å². The van der Waals surface area contributed by atoms with Crippen molar-refractivity contribution in [2.45, 2.75) is 25.7 Å². The second-order valence-electron chi connectivity index (χ2n) is 7.22. The molecule has 1 N–H and O–H groups in total. The summed E-state index contributed by atoms with van der Waals surface area (Å²) in [7, 11) is 0. The molecule has 0 unspecified atom stereocenters. The first-order valence-corrected chi connectivity index (χ1v) is 9.80. The second kappa shape index (κ2) is 9.89.